The van der Waals surface area contributed by atoms with E-state index in [2.05, 4.69) is 15.6 Å². The van der Waals surface area contributed by atoms with Gasteiger partial charge >= 0.3 is 0 Å². The van der Waals surface area contributed by atoms with E-state index in [0.717, 1.165) is 12.6 Å². The maximum absolute atomic E-state index is 13.5. The molecule has 0 aromatic heterocycles. The third-order valence-electron chi connectivity index (χ3n) is 3.31. The molecule has 2 N–H and O–H groups in total. The Kier molecular flexibility index (Phi) is 5.17. The predicted molar refractivity (Wildman–Crippen MR) is 80.5 cm³/mol. The highest BCUT2D eigenvalue weighted by atomic mass is 32.2. The molecule has 0 spiro atoms. The summed E-state index contributed by atoms with van der Waals surface area (Å²) in [6.07, 6.45) is 2.46. The Morgan fingerprint density at radius 2 is 2.05 bits per heavy atom. The van der Waals surface area contributed by atoms with Crippen molar-refractivity contribution in [3.8, 4) is 0 Å². The number of guanidine groups is 1. The first kappa shape index (κ1) is 15.8. The number of sulfone groups is 1. The van der Waals surface area contributed by atoms with Crippen molar-refractivity contribution in [2.24, 2.45) is 10.9 Å². The molecule has 0 radical (unpaired) electrons. The van der Waals surface area contributed by atoms with Crippen LogP contribution in [0, 0.1) is 11.7 Å². The minimum atomic E-state index is -3.63. The number of aliphatic imine (C=N–C) groups is 1. The number of hydrogen-bond acceptors (Lipinski definition) is 3. The zero-order valence-electron chi connectivity index (χ0n) is 12.0. The molecule has 0 amide bonds. The normalized spacial score (nSPS) is 15.8. The molecule has 5 nitrogen and oxygen atoms in total. The van der Waals surface area contributed by atoms with E-state index in [9.17, 15) is 12.8 Å². The first-order valence-electron chi connectivity index (χ1n) is 6.95. The predicted octanol–water partition coefficient (Wildman–Crippen LogP) is 1.17. The van der Waals surface area contributed by atoms with Crippen molar-refractivity contribution in [2.45, 2.75) is 17.7 Å². The van der Waals surface area contributed by atoms with Gasteiger partial charge in [-0.05, 0) is 30.9 Å². The molecule has 0 atom stereocenters. The van der Waals surface area contributed by atoms with Crippen molar-refractivity contribution in [1.29, 1.82) is 0 Å². The van der Waals surface area contributed by atoms with Gasteiger partial charge in [0.1, 0.15) is 10.7 Å². The van der Waals surface area contributed by atoms with Crippen LogP contribution in [0.3, 0.4) is 0 Å². The second-order valence-corrected chi connectivity index (χ2v) is 7.15. The Labute approximate surface area is 124 Å². The monoisotopic (exact) mass is 313 g/mol. The smallest absolute Gasteiger partial charge is 0.191 e. The Morgan fingerprint density at radius 1 is 1.33 bits per heavy atom. The van der Waals surface area contributed by atoms with Crippen LogP contribution in [-0.4, -0.2) is 40.3 Å². The van der Waals surface area contributed by atoms with Gasteiger partial charge in [-0.25, -0.2) is 12.8 Å². The van der Waals surface area contributed by atoms with Crippen LogP contribution < -0.4 is 10.6 Å². The highest BCUT2D eigenvalue weighted by Gasteiger charge is 2.21. The second kappa shape index (κ2) is 6.89. The zero-order chi connectivity index (χ0) is 15.3. The molecule has 1 saturated carbocycles. The molecular weight excluding hydrogens is 293 g/mol. The van der Waals surface area contributed by atoms with Crippen molar-refractivity contribution in [2.75, 3.05) is 25.9 Å². The standard InChI is InChI=1S/C14H20FN3O2S/c1-16-14(18-10-11-6-7-11)17-8-9-21(19,20)13-5-3-2-4-12(13)15/h2-5,11H,6-10H2,1H3,(H2,16,17,18). The number of rotatable bonds is 6. The Morgan fingerprint density at radius 3 is 2.67 bits per heavy atom. The summed E-state index contributed by atoms with van der Waals surface area (Å²) in [5, 5.41) is 6.07. The molecule has 116 valence electrons. The third-order valence-corrected chi connectivity index (χ3v) is 5.06. The number of benzene rings is 1. The van der Waals surface area contributed by atoms with E-state index in [1.54, 1.807) is 7.05 Å². The van der Waals surface area contributed by atoms with Gasteiger partial charge in [-0.1, -0.05) is 12.1 Å². The van der Waals surface area contributed by atoms with Crippen LogP contribution in [0.4, 0.5) is 4.39 Å². The molecule has 1 aromatic carbocycles. The topological polar surface area (TPSA) is 70.6 Å². The van der Waals surface area contributed by atoms with Crippen molar-refractivity contribution >= 4 is 15.8 Å². The molecule has 7 heteroatoms. The zero-order valence-corrected chi connectivity index (χ0v) is 12.8. The lowest BCUT2D eigenvalue weighted by molar-refractivity contribution is 0.566. The summed E-state index contributed by atoms with van der Waals surface area (Å²) in [6.45, 7) is 1.03. The van der Waals surface area contributed by atoms with Crippen LogP contribution >= 0.6 is 0 Å². The van der Waals surface area contributed by atoms with Gasteiger partial charge in [0.15, 0.2) is 15.8 Å². The van der Waals surface area contributed by atoms with Gasteiger partial charge in [0.05, 0.1) is 5.75 Å². The molecule has 21 heavy (non-hydrogen) atoms. The average Bonchev–Trinajstić information content (AvgIpc) is 3.27. The van der Waals surface area contributed by atoms with Crippen molar-refractivity contribution in [1.82, 2.24) is 10.6 Å². The molecule has 0 bridgehead atoms. The SMILES string of the molecule is CN=C(NCCS(=O)(=O)c1ccccc1F)NCC1CC1. The lowest BCUT2D eigenvalue weighted by Crippen LogP contribution is -2.40. The number of nitrogens with zero attached hydrogens (tertiary/aromatic N) is 1. The lowest BCUT2D eigenvalue weighted by Gasteiger charge is -2.11. The van der Waals surface area contributed by atoms with Gasteiger partial charge in [-0.2, -0.15) is 0 Å². The maximum atomic E-state index is 13.5. The van der Waals surface area contributed by atoms with Crippen LogP contribution in [0.15, 0.2) is 34.2 Å². The fourth-order valence-electron chi connectivity index (χ4n) is 1.89. The average molecular weight is 313 g/mol. The quantitative estimate of drug-likeness (QED) is 0.611. The summed E-state index contributed by atoms with van der Waals surface area (Å²) in [7, 11) is -2.00. The van der Waals surface area contributed by atoms with Crippen LogP contribution in [0.1, 0.15) is 12.8 Å². The Hall–Kier alpha value is -1.63. The molecule has 1 aliphatic carbocycles. The molecule has 0 unspecified atom stereocenters. The van der Waals surface area contributed by atoms with Gasteiger partial charge in [0.2, 0.25) is 0 Å². The van der Waals surface area contributed by atoms with Crippen LogP contribution in [0.25, 0.3) is 0 Å². The van der Waals surface area contributed by atoms with Crippen LogP contribution in [0.2, 0.25) is 0 Å². The van der Waals surface area contributed by atoms with Crippen LogP contribution in [0.5, 0.6) is 0 Å². The first-order valence-corrected chi connectivity index (χ1v) is 8.60. The number of hydrogen-bond donors (Lipinski definition) is 2. The highest BCUT2D eigenvalue weighted by molar-refractivity contribution is 7.91. The van der Waals surface area contributed by atoms with Crippen molar-refractivity contribution in [3.05, 3.63) is 30.1 Å². The number of halogens is 1. The minimum Gasteiger partial charge on any atom is -0.356 e. The van der Waals surface area contributed by atoms with Gasteiger partial charge in [-0.15, -0.1) is 0 Å². The molecule has 1 aliphatic rings. The van der Waals surface area contributed by atoms with E-state index < -0.39 is 15.7 Å². The summed E-state index contributed by atoms with van der Waals surface area (Å²) in [6, 6.07) is 5.41. The van der Waals surface area contributed by atoms with E-state index >= 15 is 0 Å². The summed E-state index contributed by atoms with van der Waals surface area (Å²) in [5.41, 5.74) is 0. The van der Waals surface area contributed by atoms with E-state index in [1.807, 2.05) is 0 Å². The molecular formula is C14H20FN3O2S. The molecule has 2 rings (SSSR count). The maximum Gasteiger partial charge on any atom is 0.191 e. The lowest BCUT2D eigenvalue weighted by atomic mass is 10.3. The molecule has 0 saturated heterocycles. The molecule has 0 heterocycles. The molecule has 0 aliphatic heterocycles. The highest BCUT2D eigenvalue weighted by Crippen LogP contribution is 2.27. The summed E-state index contributed by atoms with van der Waals surface area (Å²) in [5.74, 6) is 0.378. The largest absolute Gasteiger partial charge is 0.356 e. The first-order chi connectivity index (χ1) is 10.0. The summed E-state index contributed by atoms with van der Waals surface area (Å²) < 4.78 is 37.6. The summed E-state index contributed by atoms with van der Waals surface area (Å²) in [4.78, 5) is 3.77. The van der Waals surface area contributed by atoms with Gasteiger partial charge in [0, 0.05) is 20.1 Å². The third kappa shape index (κ3) is 4.70. The fourth-order valence-corrected chi connectivity index (χ4v) is 3.14. The van der Waals surface area contributed by atoms with E-state index in [1.165, 1.54) is 31.0 Å². The van der Waals surface area contributed by atoms with E-state index in [4.69, 9.17) is 0 Å². The number of nitrogens with one attached hydrogen (secondary N) is 2. The molecule has 1 fully saturated rings. The van der Waals surface area contributed by atoms with E-state index in [0.29, 0.717) is 11.9 Å². The minimum absolute atomic E-state index is 0.182. The Balaban J connectivity index is 1.85. The van der Waals surface area contributed by atoms with Crippen molar-refractivity contribution < 1.29 is 12.8 Å². The Bertz CT molecular complexity index is 612. The van der Waals surface area contributed by atoms with Crippen molar-refractivity contribution in [3.63, 3.8) is 0 Å². The van der Waals surface area contributed by atoms with Gasteiger partial charge in [-0.3, -0.25) is 4.99 Å². The van der Waals surface area contributed by atoms with Gasteiger partial charge in [0.25, 0.3) is 0 Å². The fraction of sp³-hybridized carbons (Fsp3) is 0.500. The van der Waals surface area contributed by atoms with Gasteiger partial charge < -0.3 is 10.6 Å². The molecule has 1 aromatic rings. The second-order valence-electron chi connectivity index (χ2n) is 5.07. The summed E-state index contributed by atoms with van der Waals surface area (Å²) >= 11 is 0. The van der Waals surface area contributed by atoms with E-state index in [-0.39, 0.29) is 17.2 Å². The van der Waals surface area contributed by atoms with Crippen LogP contribution in [-0.2, 0) is 9.84 Å².